The third-order valence-electron chi connectivity index (χ3n) is 2.84. The first-order chi connectivity index (χ1) is 9.41. The first kappa shape index (κ1) is 14.8. The molecular formula is C14H10BrF4N. The number of halogens is 5. The van der Waals surface area contributed by atoms with E-state index in [0.717, 1.165) is 4.47 Å². The second-order valence-corrected chi connectivity index (χ2v) is 5.09. The smallest absolute Gasteiger partial charge is 0.185 e. The average Bonchev–Trinajstić information content (AvgIpc) is 2.41. The predicted molar refractivity (Wildman–Crippen MR) is 72.5 cm³/mol. The lowest BCUT2D eigenvalue weighted by atomic mass is 10.1. The molecule has 0 heterocycles. The van der Waals surface area contributed by atoms with E-state index in [1.807, 2.05) is 0 Å². The highest BCUT2D eigenvalue weighted by Gasteiger charge is 2.21. The number of anilines is 1. The van der Waals surface area contributed by atoms with Gasteiger partial charge in [-0.1, -0.05) is 34.1 Å². The summed E-state index contributed by atoms with van der Waals surface area (Å²) >= 11 is 3.30. The number of rotatable bonds is 3. The lowest BCUT2D eigenvalue weighted by Crippen LogP contribution is -2.12. The lowest BCUT2D eigenvalue weighted by Gasteiger charge is -2.18. The third kappa shape index (κ3) is 2.80. The summed E-state index contributed by atoms with van der Waals surface area (Å²) in [5, 5.41) is 2.46. The molecule has 0 amide bonds. The van der Waals surface area contributed by atoms with Crippen LogP contribution in [0.25, 0.3) is 0 Å². The van der Waals surface area contributed by atoms with Gasteiger partial charge in [-0.05, 0) is 18.6 Å². The minimum absolute atomic E-state index is 0.180. The Hall–Kier alpha value is -1.56. The minimum Gasteiger partial charge on any atom is -0.374 e. The van der Waals surface area contributed by atoms with Crippen LogP contribution >= 0.6 is 15.9 Å². The van der Waals surface area contributed by atoms with Gasteiger partial charge in [-0.25, -0.2) is 17.6 Å². The van der Waals surface area contributed by atoms with Crippen LogP contribution in [0, 0.1) is 23.3 Å². The van der Waals surface area contributed by atoms with E-state index in [0.29, 0.717) is 5.56 Å². The highest BCUT2D eigenvalue weighted by atomic mass is 79.9. The SMILES string of the molecule is CC(Nc1c(F)c(F)cc(F)c1F)c1ccccc1Br. The Morgan fingerprint density at radius 2 is 1.55 bits per heavy atom. The van der Waals surface area contributed by atoms with E-state index in [4.69, 9.17) is 0 Å². The molecule has 2 aromatic rings. The average molecular weight is 348 g/mol. The first-order valence-corrected chi connectivity index (χ1v) is 6.55. The molecule has 0 saturated carbocycles. The van der Waals surface area contributed by atoms with Gasteiger partial charge in [0, 0.05) is 16.6 Å². The lowest BCUT2D eigenvalue weighted by molar-refractivity contribution is 0.457. The molecule has 1 N–H and O–H groups in total. The van der Waals surface area contributed by atoms with Crippen LogP contribution in [0.5, 0.6) is 0 Å². The Labute approximate surface area is 121 Å². The van der Waals surface area contributed by atoms with Crippen molar-refractivity contribution in [3.05, 3.63) is 63.6 Å². The van der Waals surface area contributed by atoms with E-state index in [-0.39, 0.29) is 6.07 Å². The quantitative estimate of drug-likeness (QED) is 0.595. The van der Waals surface area contributed by atoms with Gasteiger partial charge >= 0.3 is 0 Å². The molecule has 6 heteroatoms. The van der Waals surface area contributed by atoms with Crippen LogP contribution in [0.4, 0.5) is 23.2 Å². The molecule has 0 aromatic heterocycles. The maximum Gasteiger partial charge on any atom is 0.185 e. The standard InChI is InChI=1S/C14H10BrF4N/c1-7(8-4-2-3-5-9(8)15)20-14-12(18)10(16)6-11(17)13(14)19/h2-7,20H,1H3. The van der Waals surface area contributed by atoms with E-state index < -0.39 is 35.0 Å². The van der Waals surface area contributed by atoms with Crippen LogP contribution in [0.1, 0.15) is 18.5 Å². The monoisotopic (exact) mass is 347 g/mol. The van der Waals surface area contributed by atoms with Crippen LogP contribution in [-0.4, -0.2) is 0 Å². The summed E-state index contributed by atoms with van der Waals surface area (Å²) in [7, 11) is 0. The fourth-order valence-electron chi connectivity index (χ4n) is 1.82. The highest BCUT2D eigenvalue weighted by Crippen LogP contribution is 2.30. The minimum atomic E-state index is -1.44. The first-order valence-electron chi connectivity index (χ1n) is 5.75. The molecule has 20 heavy (non-hydrogen) atoms. The summed E-state index contributed by atoms with van der Waals surface area (Å²) in [5.41, 5.74) is -0.110. The Balaban J connectivity index is 2.38. The fraction of sp³-hybridized carbons (Fsp3) is 0.143. The van der Waals surface area contributed by atoms with E-state index >= 15 is 0 Å². The summed E-state index contributed by atoms with van der Waals surface area (Å²) < 4.78 is 54.1. The van der Waals surface area contributed by atoms with Gasteiger partial charge in [0.2, 0.25) is 0 Å². The number of hydrogen-bond donors (Lipinski definition) is 1. The molecule has 1 nitrogen and oxygen atoms in total. The summed E-state index contributed by atoms with van der Waals surface area (Å²) in [6, 6.07) is 6.65. The molecule has 2 aromatic carbocycles. The van der Waals surface area contributed by atoms with Gasteiger partial charge in [-0.2, -0.15) is 0 Å². The van der Waals surface area contributed by atoms with Gasteiger partial charge in [0.1, 0.15) is 5.69 Å². The van der Waals surface area contributed by atoms with Crippen molar-refractivity contribution in [2.24, 2.45) is 0 Å². The summed E-state index contributed by atoms with van der Waals surface area (Å²) in [4.78, 5) is 0. The van der Waals surface area contributed by atoms with E-state index in [2.05, 4.69) is 21.2 Å². The van der Waals surface area contributed by atoms with Crippen molar-refractivity contribution >= 4 is 21.6 Å². The topological polar surface area (TPSA) is 12.0 Å². The Kier molecular flexibility index (Phi) is 4.32. The molecule has 0 bridgehead atoms. The predicted octanol–water partition coefficient (Wildman–Crippen LogP) is 5.18. The van der Waals surface area contributed by atoms with Gasteiger partial charge in [0.15, 0.2) is 23.3 Å². The zero-order valence-electron chi connectivity index (χ0n) is 10.4. The maximum atomic E-state index is 13.6. The molecular weight excluding hydrogens is 338 g/mol. The molecule has 1 unspecified atom stereocenters. The van der Waals surface area contributed by atoms with Crippen LogP contribution in [0.2, 0.25) is 0 Å². The van der Waals surface area contributed by atoms with Crippen LogP contribution < -0.4 is 5.32 Å². The Bertz CT molecular complexity index is 619. The molecule has 0 saturated heterocycles. The molecule has 0 spiro atoms. The highest BCUT2D eigenvalue weighted by molar-refractivity contribution is 9.10. The molecule has 2 rings (SSSR count). The van der Waals surface area contributed by atoms with Crippen LogP contribution in [0.15, 0.2) is 34.8 Å². The zero-order valence-corrected chi connectivity index (χ0v) is 11.9. The Morgan fingerprint density at radius 1 is 1.00 bits per heavy atom. The van der Waals surface area contributed by atoms with Crippen LogP contribution in [0.3, 0.4) is 0 Å². The molecule has 106 valence electrons. The summed E-state index contributed by atoms with van der Waals surface area (Å²) in [6.07, 6.45) is 0. The van der Waals surface area contributed by atoms with Gasteiger partial charge in [0.25, 0.3) is 0 Å². The Morgan fingerprint density at radius 3 is 2.10 bits per heavy atom. The van der Waals surface area contributed by atoms with Crippen molar-refractivity contribution in [2.75, 3.05) is 5.32 Å². The molecule has 0 aliphatic carbocycles. The van der Waals surface area contributed by atoms with E-state index in [1.165, 1.54) is 0 Å². The van der Waals surface area contributed by atoms with Crippen molar-refractivity contribution in [1.82, 2.24) is 0 Å². The maximum absolute atomic E-state index is 13.6. The molecule has 0 radical (unpaired) electrons. The summed E-state index contributed by atoms with van der Waals surface area (Å²) in [5.74, 6) is -5.76. The van der Waals surface area contributed by atoms with Crippen molar-refractivity contribution in [3.8, 4) is 0 Å². The van der Waals surface area contributed by atoms with Crippen LogP contribution in [-0.2, 0) is 0 Å². The van der Waals surface area contributed by atoms with Crippen molar-refractivity contribution < 1.29 is 17.6 Å². The second-order valence-electron chi connectivity index (χ2n) is 4.23. The summed E-state index contributed by atoms with van der Waals surface area (Å²) in [6.45, 7) is 1.63. The van der Waals surface area contributed by atoms with Crippen molar-refractivity contribution in [1.29, 1.82) is 0 Å². The largest absolute Gasteiger partial charge is 0.374 e. The number of nitrogens with one attached hydrogen (secondary N) is 1. The molecule has 0 aliphatic heterocycles. The number of hydrogen-bond acceptors (Lipinski definition) is 1. The molecule has 0 fully saturated rings. The van der Waals surface area contributed by atoms with E-state index in [1.54, 1.807) is 31.2 Å². The molecule has 0 aliphatic rings. The normalized spacial score (nSPS) is 12.3. The zero-order chi connectivity index (χ0) is 14.9. The van der Waals surface area contributed by atoms with E-state index in [9.17, 15) is 17.6 Å². The van der Waals surface area contributed by atoms with Gasteiger partial charge in [0.05, 0.1) is 0 Å². The van der Waals surface area contributed by atoms with Crippen molar-refractivity contribution in [2.45, 2.75) is 13.0 Å². The van der Waals surface area contributed by atoms with Gasteiger partial charge < -0.3 is 5.32 Å². The molecule has 1 atom stereocenters. The fourth-order valence-corrected chi connectivity index (χ4v) is 2.45. The van der Waals surface area contributed by atoms with Crippen molar-refractivity contribution in [3.63, 3.8) is 0 Å². The second kappa shape index (κ2) is 5.83. The third-order valence-corrected chi connectivity index (χ3v) is 3.57. The van der Waals surface area contributed by atoms with Gasteiger partial charge in [-0.15, -0.1) is 0 Å². The van der Waals surface area contributed by atoms with Gasteiger partial charge in [-0.3, -0.25) is 0 Å². The number of benzene rings is 2.